The first kappa shape index (κ1) is 17.9. The van der Waals surface area contributed by atoms with E-state index in [1.54, 1.807) is 0 Å². The van der Waals surface area contributed by atoms with E-state index in [1.807, 2.05) is 14.0 Å². The summed E-state index contributed by atoms with van der Waals surface area (Å²) in [5.74, 6) is -0.253. The normalized spacial score (nSPS) is 10.5. The van der Waals surface area contributed by atoms with Gasteiger partial charge in [-0.05, 0) is 46.3 Å². The van der Waals surface area contributed by atoms with E-state index in [4.69, 9.17) is 4.74 Å². The number of nitrogens with zero attached hydrogens (tertiary/aromatic N) is 1. The van der Waals surface area contributed by atoms with Crippen LogP contribution in [0.15, 0.2) is 0 Å². The van der Waals surface area contributed by atoms with Crippen LogP contribution in [-0.2, 0) is 19.1 Å². The lowest BCUT2D eigenvalue weighted by Gasteiger charge is -2.15. The van der Waals surface area contributed by atoms with Gasteiger partial charge < -0.3 is 14.4 Å². The van der Waals surface area contributed by atoms with E-state index in [2.05, 4.69) is 9.64 Å². The number of methoxy groups -OCH3 is 1. The Morgan fingerprint density at radius 2 is 1.58 bits per heavy atom. The molecule has 5 heteroatoms. The molecular weight excluding hydrogens is 246 g/mol. The Balaban J connectivity index is 3.36. The molecular formula is C14H27NO4. The number of esters is 2. The highest BCUT2D eigenvalue weighted by Gasteiger charge is 2.04. The van der Waals surface area contributed by atoms with Gasteiger partial charge in [0.15, 0.2) is 0 Å². The quantitative estimate of drug-likeness (QED) is 0.426. The monoisotopic (exact) mass is 273 g/mol. The maximum atomic E-state index is 11.1. The van der Waals surface area contributed by atoms with Crippen molar-refractivity contribution in [3.05, 3.63) is 0 Å². The molecule has 0 aromatic heterocycles. The van der Waals surface area contributed by atoms with Gasteiger partial charge in [0.05, 0.1) is 13.7 Å². The van der Waals surface area contributed by atoms with Gasteiger partial charge in [0.2, 0.25) is 0 Å². The molecule has 0 aromatic carbocycles. The number of hydrogen-bond donors (Lipinski definition) is 0. The predicted molar refractivity (Wildman–Crippen MR) is 73.8 cm³/mol. The van der Waals surface area contributed by atoms with Crippen LogP contribution >= 0.6 is 0 Å². The second kappa shape index (κ2) is 12.0. The Morgan fingerprint density at radius 1 is 0.947 bits per heavy atom. The summed E-state index contributed by atoms with van der Waals surface area (Å²) >= 11 is 0. The summed E-state index contributed by atoms with van der Waals surface area (Å²) in [6.07, 6.45) is 4.79. The molecule has 0 rings (SSSR count). The molecule has 0 unspecified atom stereocenters. The maximum absolute atomic E-state index is 11.1. The van der Waals surface area contributed by atoms with Crippen LogP contribution in [0.1, 0.15) is 45.4 Å². The minimum atomic E-state index is -0.150. The summed E-state index contributed by atoms with van der Waals surface area (Å²) in [7, 11) is 3.46. The van der Waals surface area contributed by atoms with E-state index in [1.165, 1.54) is 7.11 Å². The van der Waals surface area contributed by atoms with Gasteiger partial charge in [0, 0.05) is 12.8 Å². The number of carbonyl (C=O) groups excluding carboxylic acids is 2. The van der Waals surface area contributed by atoms with E-state index in [0.29, 0.717) is 19.4 Å². The van der Waals surface area contributed by atoms with Crippen molar-refractivity contribution in [2.75, 3.05) is 33.9 Å². The Morgan fingerprint density at radius 3 is 2.21 bits per heavy atom. The first-order valence-corrected chi connectivity index (χ1v) is 7.01. The molecule has 0 aliphatic rings. The van der Waals surface area contributed by atoms with Crippen molar-refractivity contribution in [2.24, 2.45) is 0 Å². The summed E-state index contributed by atoms with van der Waals surface area (Å²) in [6.45, 7) is 4.17. The molecule has 0 bridgehead atoms. The largest absolute Gasteiger partial charge is 0.469 e. The summed E-state index contributed by atoms with van der Waals surface area (Å²) in [5.41, 5.74) is 0. The standard InChI is InChI=1S/C14H27NO4/c1-4-19-14(17)9-6-5-7-11-15(2)12-8-10-13(16)18-3/h4-12H2,1-3H3. The van der Waals surface area contributed by atoms with Gasteiger partial charge in [-0.2, -0.15) is 0 Å². The molecule has 0 aliphatic heterocycles. The van der Waals surface area contributed by atoms with Crippen molar-refractivity contribution >= 4 is 11.9 Å². The maximum Gasteiger partial charge on any atom is 0.305 e. The topological polar surface area (TPSA) is 55.8 Å². The Hall–Kier alpha value is -1.10. The van der Waals surface area contributed by atoms with Crippen LogP contribution in [-0.4, -0.2) is 50.7 Å². The molecule has 0 amide bonds. The molecule has 112 valence electrons. The zero-order valence-corrected chi connectivity index (χ0v) is 12.4. The van der Waals surface area contributed by atoms with Crippen molar-refractivity contribution in [1.82, 2.24) is 4.90 Å². The molecule has 0 fully saturated rings. The van der Waals surface area contributed by atoms with Gasteiger partial charge in [-0.3, -0.25) is 9.59 Å². The number of carbonyl (C=O) groups is 2. The third kappa shape index (κ3) is 11.7. The molecule has 0 saturated heterocycles. The van der Waals surface area contributed by atoms with Crippen LogP contribution in [0.25, 0.3) is 0 Å². The number of rotatable bonds is 11. The molecule has 0 atom stereocenters. The van der Waals surface area contributed by atoms with Gasteiger partial charge >= 0.3 is 11.9 Å². The highest BCUT2D eigenvalue weighted by molar-refractivity contribution is 5.69. The summed E-state index contributed by atoms with van der Waals surface area (Å²) in [5, 5.41) is 0. The first-order valence-electron chi connectivity index (χ1n) is 7.01. The molecule has 0 saturated carbocycles. The summed E-state index contributed by atoms with van der Waals surface area (Å²) < 4.78 is 9.45. The molecule has 19 heavy (non-hydrogen) atoms. The molecule has 5 nitrogen and oxygen atoms in total. The van der Waals surface area contributed by atoms with Crippen molar-refractivity contribution in [3.8, 4) is 0 Å². The molecule has 0 heterocycles. The van der Waals surface area contributed by atoms with E-state index in [9.17, 15) is 9.59 Å². The lowest BCUT2D eigenvalue weighted by Crippen LogP contribution is -2.21. The van der Waals surface area contributed by atoms with E-state index < -0.39 is 0 Å². The van der Waals surface area contributed by atoms with Crippen LogP contribution in [0.3, 0.4) is 0 Å². The van der Waals surface area contributed by atoms with Gasteiger partial charge in [0.1, 0.15) is 0 Å². The van der Waals surface area contributed by atoms with Gasteiger partial charge in [-0.15, -0.1) is 0 Å². The lowest BCUT2D eigenvalue weighted by atomic mass is 10.2. The summed E-state index contributed by atoms with van der Waals surface area (Å²) in [6, 6.07) is 0. The smallest absolute Gasteiger partial charge is 0.305 e. The Kier molecular flexibility index (Phi) is 11.3. The van der Waals surface area contributed by atoms with Crippen LogP contribution in [0, 0.1) is 0 Å². The average Bonchev–Trinajstić information content (AvgIpc) is 2.38. The third-order valence-corrected chi connectivity index (χ3v) is 2.87. The Labute approximate surface area is 116 Å². The van der Waals surface area contributed by atoms with E-state index >= 15 is 0 Å². The van der Waals surface area contributed by atoms with E-state index in [-0.39, 0.29) is 11.9 Å². The van der Waals surface area contributed by atoms with Gasteiger partial charge in [-0.1, -0.05) is 6.42 Å². The highest BCUT2D eigenvalue weighted by atomic mass is 16.5. The molecule has 0 spiro atoms. The van der Waals surface area contributed by atoms with Gasteiger partial charge in [0.25, 0.3) is 0 Å². The fourth-order valence-corrected chi connectivity index (χ4v) is 1.77. The van der Waals surface area contributed by atoms with Crippen molar-refractivity contribution in [1.29, 1.82) is 0 Å². The molecule has 0 radical (unpaired) electrons. The van der Waals surface area contributed by atoms with Crippen LogP contribution in [0.2, 0.25) is 0 Å². The van der Waals surface area contributed by atoms with Crippen molar-refractivity contribution < 1.29 is 19.1 Å². The van der Waals surface area contributed by atoms with Crippen LogP contribution < -0.4 is 0 Å². The fraction of sp³-hybridized carbons (Fsp3) is 0.857. The lowest BCUT2D eigenvalue weighted by molar-refractivity contribution is -0.143. The Bertz CT molecular complexity index is 256. The molecule has 0 N–H and O–H groups in total. The average molecular weight is 273 g/mol. The summed E-state index contributed by atoms with van der Waals surface area (Å²) in [4.78, 5) is 24.2. The minimum Gasteiger partial charge on any atom is -0.469 e. The molecule has 0 aromatic rings. The zero-order valence-electron chi connectivity index (χ0n) is 12.4. The molecule has 0 aliphatic carbocycles. The van der Waals surface area contributed by atoms with Crippen LogP contribution in [0.4, 0.5) is 0 Å². The second-order valence-corrected chi connectivity index (χ2v) is 4.60. The van der Waals surface area contributed by atoms with Crippen molar-refractivity contribution in [2.45, 2.75) is 45.4 Å². The number of ether oxygens (including phenoxy) is 2. The second-order valence-electron chi connectivity index (χ2n) is 4.60. The van der Waals surface area contributed by atoms with Crippen molar-refractivity contribution in [3.63, 3.8) is 0 Å². The highest BCUT2D eigenvalue weighted by Crippen LogP contribution is 2.03. The van der Waals surface area contributed by atoms with Crippen LogP contribution in [0.5, 0.6) is 0 Å². The van der Waals surface area contributed by atoms with E-state index in [0.717, 1.165) is 38.8 Å². The first-order chi connectivity index (χ1) is 9.10. The third-order valence-electron chi connectivity index (χ3n) is 2.87. The SMILES string of the molecule is CCOC(=O)CCCCCN(C)CCCC(=O)OC. The number of unbranched alkanes of at least 4 members (excludes halogenated alkanes) is 2. The fourth-order valence-electron chi connectivity index (χ4n) is 1.77. The zero-order chi connectivity index (χ0) is 14.5. The van der Waals surface area contributed by atoms with Gasteiger partial charge in [-0.25, -0.2) is 0 Å². The minimum absolute atomic E-state index is 0.103. The predicted octanol–water partition coefficient (Wildman–Crippen LogP) is 1.99. The number of hydrogen-bond acceptors (Lipinski definition) is 5.